The number of hydrogen-bond donors (Lipinski definition) is 1. The van der Waals surface area contributed by atoms with E-state index in [1.807, 2.05) is 44.4 Å². The fourth-order valence-electron chi connectivity index (χ4n) is 1.78. The van der Waals surface area contributed by atoms with Crippen LogP contribution in [0, 0.1) is 0 Å². The molecule has 0 aliphatic carbocycles. The third-order valence-electron chi connectivity index (χ3n) is 2.86. The van der Waals surface area contributed by atoms with E-state index in [0.29, 0.717) is 18.1 Å². The molecular weight excluding hydrogens is 242 g/mol. The number of ether oxygens (including phenoxy) is 2. The lowest BCUT2D eigenvalue weighted by atomic mass is 10.1. The molecule has 2 N–H and O–H groups in total. The minimum atomic E-state index is -0.0289. The average molecular weight is 261 g/mol. The highest BCUT2D eigenvalue weighted by Crippen LogP contribution is 2.30. The molecule has 0 aliphatic rings. The van der Waals surface area contributed by atoms with E-state index in [1.54, 1.807) is 11.8 Å². The summed E-state index contributed by atoms with van der Waals surface area (Å²) in [7, 11) is 3.50. The first-order valence-corrected chi connectivity index (χ1v) is 6.15. The first-order valence-electron chi connectivity index (χ1n) is 6.15. The molecule has 0 saturated carbocycles. The quantitative estimate of drug-likeness (QED) is 0.894. The second kappa shape index (κ2) is 5.75. The van der Waals surface area contributed by atoms with Gasteiger partial charge in [-0.05, 0) is 30.7 Å². The molecule has 0 saturated heterocycles. The Balaban J connectivity index is 2.11. The van der Waals surface area contributed by atoms with E-state index < -0.39 is 0 Å². The van der Waals surface area contributed by atoms with E-state index in [9.17, 15) is 0 Å². The Morgan fingerprint density at radius 1 is 1.32 bits per heavy atom. The van der Waals surface area contributed by atoms with Gasteiger partial charge in [0.1, 0.15) is 6.61 Å². The highest BCUT2D eigenvalue weighted by Gasteiger charge is 2.09. The van der Waals surface area contributed by atoms with Crippen LogP contribution in [0.3, 0.4) is 0 Å². The molecule has 19 heavy (non-hydrogen) atoms. The largest absolute Gasteiger partial charge is 0.493 e. The van der Waals surface area contributed by atoms with Crippen molar-refractivity contribution >= 4 is 0 Å². The lowest BCUT2D eigenvalue weighted by Crippen LogP contribution is -2.06. The van der Waals surface area contributed by atoms with Gasteiger partial charge in [-0.25, -0.2) is 0 Å². The zero-order chi connectivity index (χ0) is 13.8. The number of hydrogen-bond acceptors (Lipinski definition) is 4. The van der Waals surface area contributed by atoms with E-state index in [2.05, 4.69) is 5.10 Å². The molecular formula is C14H19N3O2. The molecule has 0 spiro atoms. The van der Waals surface area contributed by atoms with Crippen LogP contribution in [0.5, 0.6) is 11.5 Å². The van der Waals surface area contributed by atoms with Crippen LogP contribution in [0.25, 0.3) is 0 Å². The van der Waals surface area contributed by atoms with Gasteiger partial charge in [-0.3, -0.25) is 4.68 Å². The van der Waals surface area contributed by atoms with E-state index in [0.717, 1.165) is 11.3 Å². The van der Waals surface area contributed by atoms with Crippen molar-refractivity contribution in [1.29, 1.82) is 0 Å². The number of nitrogens with zero attached hydrogens (tertiary/aromatic N) is 2. The van der Waals surface area contributed by atoms with Gasteiger partial charge in [0.15, 0.2) is 11.5 Å². The summed E-state index contributed by atoms with van der Waals surface area (Å²) in [6.45, 7) is 2.35. The summed E-state index contributed by atoms with van der Waals surface area (Å²) >= 11 is 0. The minimum absolute atomic E-state index is 0.0289. The molecule has 0 aliphatic heterocycles. The summed E-state index contributed by atoms with van der Waals surface area (Å²) in [5.41, 5.74) is 7.74. The molecule has 0 fully saturated rings. The van der Waals surface area contributed by atoms with Crippen LogP contribution in [-0.2, 0) is 13.7 Å². The summed E-state index contributed by atoms with van der Waals surface area (Å²) in [6, 6.07) is 7.61. The minimum Gasteiger partial charge on any atom is -0.493 e. The molecule has 2 rings (SSSR count). The predicted octanol–water partition coefficient (Wildman–Crippen LogP) is 2.03. The molecule has 1 atom stereocenters. The van der Waals surface area contributed by atoms with Crippen molar-refractivity contribution in [2.24, 2.45) is 12.8 Å². The first kappa shape index (κ1) is 13.4. The second-order valence-electron chi connectivity index (χ2n) is 4.47. The SMILES string of the molecule is COc1cc([C@H](C)N)ccc1OCc1ccn(C)n1. The van der Waals surface area contributed by atoms with Crippen LogP contribution in [0.1, 0.15) is 24.2 Å². The van der Waals surface area contributed by atoms with Crippen LogP contribution in [0.2, 0.25) is 0 Å². The third kappa shape index (κ3) is 3.26. The standard InChI is InChI=1S/C14H19N3O2/c1-10(15)11-4-5-13(14(8-11)18-3)19-9-12-6-7-17(2)16-12/h4-8,10H,9,15H2,1-3H3/t10-/m0/s1. The summed E-state index contributed by atoms with van der Waals surface area (Å²) in [5.74, 6) is 1.38. The fraction of sp³-hybridized carbons (Fsp3) is 0.357. The van der Waals surface area contributed by atoms with Crippen LogP contribution in [0.15, 0.2) is 30.5 Å². The third-order valence-corrected chi connectivity index (χ3v) is 2.86. The van der Waals surface area contributed by atoms with E-state index in [1.165, 1.54) is 0 Å². The van der Waals surface area contributed by atoms with Crippen molar-refractivity contribution in [3.63, 3.8) is 0 Å². The van der Waals surface area contributed by atoms with Gasteiger partial charge < -0.3 is 15.2 Å². The number of nitrogens with two attached hydrogens (primary N) is 1. The Hall–Kier alpha value is -2.01. The van der Waals surface area contributed by atoms with Crippen LogP contribution < -0.4 is 15.2 Å². The predicted molar refractivity (Wildman–Crippen MR) is 73.1 cm³/mol. The Bertz CT molecular complexity index is 549. The number of benzene rings is 1. The van der Waals surface area contributed by atoms with Gasteiger partial charge in [0.25, 0.3) is 0 Å². The van der Waals surface area contributed by atoms with E-state index in [4.69, 9.17) is 15.2 Å². The number of aromatic nitrogens is 2. The van der Waals surface area contributed by atoms with Gasteiger partial charge >= 0.3 is 0 Å². The number of rotatable bonds is 5. The topological polar surface area (TPSA) is 62.3 Å². The van der Waals surface area contributed by atoms with Gasteiger partial charge in [0, 0.05) is 19.3 Å². The highest BCUT2D eigenvalue weighted by atomic mass is 16.5. The van der Waals surface area contributed by atoms with Crippen molar-refractivity contribution in [2.75, 3.05) is 7.11 Å². The molecule has 0 radical (unpaired) electrons. The highest BCUT2D eigenvalue weighted by molar-refractivity contribution is 5.43. The van der Waals surface area contributed by atoms with Crippen molar-refractivity contribution in [2.45, 2.75) is 19.6 Å². The molecule has 102 valence electrons. The van der Waals surface area contributed by atoms with E-state index >= 15 is 0 Å². The van der Waals surface area contributed by atoms with E-state index in [-0.39, 0.29) is 6.04 Å². The molecule has 1 heterocycles. The normalized spacial score (nSPS) is 12.2. The maximum atomic E-state index is 5.85. The van der Waals surface area contributed by atoms with Gasteiger partial charge in [-0.15, -0.1) is 0 Å². The Kier molecular flexibility index (Phi) is 4.06. The monoisotopic (exact) mass is 261 g/mol. The van der Waals surface area contributed by atoms with Crippen LogP contribution >= 0.6 is 0 Å². The van der Waals surface area contributed by atoms with Gasteiger partial charge in [-0.1, -0.05) is 6.07 Å². The zero-order valence-electron chi connectivity index (χ0n) is 11.5. The Morgan fingerprint density at radius 3 is 2.68 bits per heavy atom. The fourth-order valence-corrected chi connectivity index (χ4v) is 1.78. The Morgan fingerprint density at radius 2 is 2.11 bits per heavy atom. The first-order chi connectivity index (χ1) is 9.10. The van der Waals surface area contributed by atoms with Crippen LogP contribution in [-0.4, -0.2) is 16.9 Å². The average Bonchev–Trinajstić information content (AvgIpc) is 2.81. The summed E-state index contributed by atoms with van der Waals surface area (Å²) in [6.07, 6.45) is 1.88. The Labute approximate surface area is 112 Å². The molecule has 1 aromatic carbocycles. The summed E-state index contributed by atoms with van der Waals surface area (Å²) in [4.78, 5) is 0. The molecule has 0 amide bonds. The second-order valence-corrected chi connectivity index (χ2v) is 4.47. The van der Waals surface area contributed by atoms with Crippen molar-refractivity contribution in [3.8, 4) is 11.5 Å². The maximum absolute atomic E-state index is 5.85. The van der Waals surface area contributed by atoms with Crippen molar-refractivity contribution in [3.05, 3.63) is 41.7 Å². The molecule has 5 nitrogen and oxygen atoms in total. The molecule has 1 aromatic heterocycles. The zero-order valence-corrected chi connectivity index (χ0v) is 11.5. The summed E-state index contributed by atoms with van der Waals surface area (Å²) < 4.78 is 12.8. The van der Waals surface area contributed by atoms with Crippen LogP contribution in [0.4, 0.5) is 0 Å². The summed E-state index contributed by atoms with van der Waals surface area (Å²) in [5, 5.41) is 4.26. The van der Waals surface area contributed by atoms with Gasteiger partial charge in [-0.2, -0.15) is 5.10 Å². The number of aryl methyl sites for hydroxylation is 1. The lowest BCUT2D eigenvalue weighted by molar-refractivity contribution is 0.279. The van der Waals surface area contributed by atoms with Crippen molar-refractivity contribution < 1.29 is 9.47 Å². The van der Waals surface area contributed by atoms with Gasteiger partial charge in [0.05, 0.1) is 12.8 Å². The van der Waals surface area contributed by atoms with Gasteiger partial charge in [0.2, 0.25) is 0 Å². The molecule has 2 aromatic rings. The lowest BCUT2D eigenvalue weighted by Gasteiger charge is -2.13. The molecule has 5 heteroatoms. The smallest absolute Gasteiger partial charge is 0.161 e. The number of methoxy groups -OCH3 is 1. The molecule has 0 unspecified atom stereocenters. The van der Waals surface area contributed by atoms with Crippen molar-refractivity contribution in [1.82, 2.24) is 9.78 Å². The molecule has 0 bridgehead atoms. The maximum Gasteiger partial charge on any atom is 0.161 e.